The van der Waals surface area contributed by atoms with Gasteiger partial charge in [0.1, 0.15) is 12.4 Å². The van der Waals surface area contributed by atoms with Crippen LogP contribution in [0.1, 0.15) is 24.1 Å². The summed E-state index contributed by atoms with van der Waals surface area (Å²) in [5.41, 5.74) is 2.08. The van der Waals surface area contributed by atoms with Crippen molar-refractivity contribution in [3.05, 3.63) is 53.5 Å². The Hall–Kier alpha value is -2.31. The molecule has 150 valence electrons. The molecule has 3 rings (SSSR count). The third kappa shape index (κ3) is 5.59. The van der Waals surface area contributed by atoms with Crippen LogP contribution in [0.15, 0.2) is 36.9 Å². The molecule has 1 aliphatic heterocycles. The van der Waals surface area contributed by atoms with E-state index in [0.29, 0.717) is 12.6 Å². The lowest BCUT2D eigenvalue weighted by atomic mass is 10.0. The number of halogens is 1. The molecular formula is C21H27ClN4O2. The Kier molecular flexibility index (Phi) is 7.12. The Morgan fingerprint density at radius 2 is 2.04 bits per heavy atom. The van der Waals surface area contributed by atoms with Crippen LogP contribution in [0.5, 0.6) is 11.5 Å². The van der Waals surface area contributed by atoms with Crippen LogP contribution >= 0.6 is 11.6 Å². The molecule has 2 heterocycles. The fourth-order valence-corrected chi connectivity index (χ4v) is 3.61. The topological polar surface area (TPSA) is 59.5 Å². The highest BCUT2D eigenvalue weighted by molar-refractivity contribution is 6.28. The van der Waals surface area contributed by atoms with E-state index in [2.05, 4.69) is 38.9 Å². The van der Waals surface area contributed by atoms with Crippen LogP contribution < -0.4 is 14.8 Å². The number of anilines is 1. The minimum atomic E-state index is 0.286. The zero-order chi connectivity index (χ0) is 19.9. The maximum atomic E-state index is 5.95. The highest BCUT2D eigenvalue weighted by Crippen LogP contribution is 2.29. The predicted octanol–water partition coefficient (Wildman–Crippen LogP) is 4.09. The number of nitrogens with zero attached hydrogens (tertiary/aromatic N) is 3. The van der Waals surface area contributed by atoms with Crippen molar-refractivity contribution in [3.8, 4) is 11.5 Å². The van der Waals surface area contributed by atoms with Gasteiger partial charge in [0.2, 0.25) is 5.28 Å². The number of aromatic nitrogens is 2. The highest BCUT2D eigenvalue weighted by atomic mass is 35.5. The molecule has 1 aromatic heterocycles. The molecule has 0 amide bonds. The number of aryl methyl sites for hydroxylation is 1. The number of rotatable bonds is 8. The van der Waals surface area contributed by atoms with Gasteiger partial charge in [-0.1, -0.05) is 18.7 Å². The van der Waals surface area contributed by atoms with Gasteiger partial charge in [-0.3, -0.25) is 4.90 Å². The Bertz CT molecular complexity index is 787. The zero-order valence-corrected chi connectivity index (χ0v) is 17.2. The Morgan fingerprint density at radius 1 is 1.25 bits per heavy atom. The molecule has 0 radical (unpaired) electrons. The standard InChI is InChI=1S/C21H27ClN4O2/c1-4-11-28-19-13-16(5-6-18(19)27-3)14-26-9-7-17(8-10-26)24-20-12-15(2)23-21(22)25-20/h4-6,12-13,17H,1,7-11,14H2,2-3H3,(H,23,24,25). The van der Waals surface area contributed by atoms with Crippen LogP contribution in [0.3, 0.4) is 0 Å². The maximum Gasteiger partial charge on any atom is 0.224 e. The zero-order valence-electron chi connectivity index (χ0n) is 16.4. The van der Waals surface area contributed by atoms with E-state index in [4.69, 9.17) is 21.1 Å². The van der Waals surface area contributed by atoms with Gasteiger partial charge in [-0.15, -0.1) is 0 Å². The second-order valence-electron chi connectivity index (χ2n) is 6.94. The van der Waals surface area contributed by atoms with E-state index in [0.717, 1.165) is 55.5 Å². The van der Waals surface area contributed by atoms with Crippen LogP contribution in [0.4, 0.5) is 5.82 Å². The Morgan fingerprint density at radius 3 is 2.71 bits per heavy atom. The molecule has 1 fully saturated rings. The van der Waals surface area contributed by atoms with Crippen molar-refractivity contribution in [1.82, 2.24) is 14.9 Å². The van der Waals surface area contributed by atoms with Crippen LogP contribution in [0.2, 0.25) is 5.28 Å². The first-order valence-corrected chi connectivity index (χ1v) is 9.86. The molecule has 0 spiro atoms. The van der Waals surface area contributed by atoms with Crippen LogP contribution in [-0.2, 0) is 6.54 Å². The van der Waals surface area contributed by atoms with Crippen molar-refractivity contribution in [3.63, 3.8) is 0 Å². The normalized spacial score (nSPS) is 15.2. The van der Waals surface area contributed by atoms with Crippen molar-refractivity contribution >= 4 is 17.4 Å². The van der Waals surface area contributed by atoms with Gasteiger partial charge in [-0.25, -0.2) is 9.97 Å². The van der Waals surface area contributed by atoms with Crippen molar-refractivity contribution in [2.75, 3.05) is 32.1 Å². The van der Waals surface area contributed by atoms with Gasteiger partial charge in [-0.05, 0) is 49.1 Å². The molecule has 6 nitrogen and oxygen atoms in total. The summed E-state index contributed by atoms with van der Waals surface area (Å²) in [6, 6.07) is 8.43. The summed E-state index contributed by atoms with van der Waals surface area (Å²) in [7, 11) is 1.65. The third-order valence-electron chi connectivity index (χ3n) is 4.76. The predicted molar refractivity (Wildman–Crippen MR) is 112 cm³/mol. The lowest BCUT2D eigenvalue weighted by molar-refractivity contribution is 0.210. The van der Waals surface area contributed by atoms with E-state index < -0.39 is 0 Å². The van der Waals surface area contributed by atoms with Gasteiger partial charge >= 0.3 is 0 Å². The molecule has 0 atom stereocenters. The second kappa shape index (κ2) is 9.75. The molecule has 7 heteroatoms. The molecular weight excluding hydrogens is 376 g/mol. The van der Waals surface area contributed by atoms with Crippen LogP contribution in [-0.4, -0.2) is 47.7 Å². The Balaban J connectivity index is 1.54. The molecule has 1 aromatic carbocycles. The van der Waals surface area contributed by atoms with Gasteiger partial charge < -0.3 is 14.8 Å². The van der Waals surface area contributed by atoms with E-state index >= 15 is 0 Å². The fourth-order valence-electron chi connectivity index (χ4n) is 3.39. The molecule has 0 aliphatic carbocycles. The molecule has 1 N–H and O–H groups in total. The van der Waals surface area contributed by atoms with Crippen molar-refractivity contribution in [2.24, 2.45) is 0 Å². The summed E-state index contributed by atoms with van der Waals surface area (Å²) in [4.78, 5) is 10.8. The summed E-state index contributed by atoms with van der Waals surface area (Å²) in [6.45, 7) is 9.01. The number of methoxy groups -OCH3 is 1. The first-order chi connectivity index (χ1) is 13.6. The van der Waals surface area contributed by atoms with E-state index in [-0.39, 0.29) is 5.28 Å². The quantitative estimate of drug-likeness (QED) is 0.530. The van der Waals surface area contributed by atoms with Crippen molar-refractivity contribution in [1.29, 1.82) is 0 Å². The number of hydrogen-bond acceptors (Lipinski definition) is 6. The summed E-state index contributed by atoms with van der Waals surface area (Å²) in [5, 5.41) is 3.77. The van der Waals surface area contributed by atoms with Crippen molar-refractivity contribution in [2.45, 2.75) is 32.4 Å². The maximum absolute atomic E-state index is 5.95. The number of piperidine rings is 1. The number of benzene rings is 1. The van der Waals surface area contributed by atoms with Crippen LogP contribution in [0, 0.1) is 6.92 Å². The number of ether oxygens (including phenoxy) is 2. The third-order valence-corrected chi connectivity index (χ3v) is 4.93. The van der Waals surface area contributed by atoms with Gasteiger partial charge in [-0.2, -0.15) is 0 Å². The molecule has 1 saturated heterocycles. The summed E-state index contributed by atoms with van der Waals surface area (Å²) < 4.78 is 11.1. The number of nitrogens with one attached hydrogen (secondary N) is 1. The smallest absolute Gasteiger partial charge is 0.224 e. The molecule has 2 aromatic rings. The lowest BCUT2D eigenvalue weighted by Gasteiger charge is -2.32. The minimum absolute atomic E-state index is 0.286. The summed E-state index contributed by atoms with van der Waals surface area (Å²) >= 11 is 5.95. The Labute approximate surface area is 171 Å². The van der Waals surface area contributed by atoms with Gasteiger partial charge in [0.25, 0.3) is 0 Å². The average molecular weight is 403 g/mol. The van der Waals surface area contributed by atoms with Gasteiger partial charge in [0.05, 0.1) is 7.11 Å². The minimum Gasteiger partial charge on any atom is -0.493 e. The van der Waals surface area contributed by atoms with Crippen LogP contribution in [0.25, 0.3) is 0 Å². The molecule has 0 unspecified atom stereocenters. The second-order valence-corrected chi connectivity index (χ2v) is 7.28. The first kappa shape index (κ1) is 20.4. The molecule has 28 heavy (non-hydrogen) atoms. The van der Waals surface area contributed by atoms with E-state index in [1.54, 1.807) is 13.2 Å². The lowest BCUT2D eigenvalue weighted by Crippen LogP contribution is -2.38. The van der Waals surface area contributed by atoms with Gasteiger partial charge in [0.15, 0.2) is 11.5 Å². The van der Waals surface area contributed by atoms with E-state index in [1.807, 2.05) is 19.1 Å². The van der Waals surface area contributed by atoms with Crippen molar-refractivity contribution < 1.29 is 9.47 Å². The van der Waals surface area contributed by atoms with E-state index in [1.165, 1.54) is 5.56 Å². The number of likely N-dealkylation sites (tertiary alicyclic amines) is 1. The summed E-state index contributed by atoms with van der Waals surface area (Å²) in [5.74, 6) is 2.30. The average Bonchev–Trinajstić information content (AvgIpc) is 2.67. The monoisotopic (exact) mass is 402 g/mol. The molecule has 0 bridgehead atoms. The number of hydrogen-bond donors (Lipinski definition) is 1. The summed E-state index contributed by atoms with van der Waals surface area (Å²) in [6.07, 6.45) is 3.84. The van der Waals surface area contributed by atoms with Gasteiger partial charge in [0, 0.05) is 37.4 Å². The highest BCUT2D eigenvalue weighted by Gasteiger charge is 2.20. The SMILES string of the molecule is C=CCOc1cc(CN2CCC(Nc3cc(C)nc(Cl)n3)CC2)ccc1OC. The fraction of sp³-hybridized carbons (Fsp3) is 0.429. The largest absolute Gasteiger partial charge is 0.493 e. The molecule has 1 aliphatic rings. The van der Waals surface area contributed by atoms with E-state index in [9.17, 15) is 0 Å². The molecule has 0 saturated carbocycles. The first-order valence-electron chi connectivity index (χ1n) is 9.48.